The van der Waals surface area contributed by atoms with Gasteiger partial charge in [0, 0.05) is 37.4 Å². The number of nitrogens with zero attached hydrogens (tertiary/aromatic N) is 2. The van der Waals surface area contributed by atoms with Crippen LogP contribution in [0.15, 0.2) is 12.4 Å². The highest BCUT2D eigenvalue weighted by Crippen LogP contribution is 2.32. The van der Waals surface area contributed by atoms with Crippen LogP contribution in [-0.4, -0.2) is 28.1 Å². The largest absolute Gasteiger partial charge is 0.396 e. The van der Waals surface area contributed by atoms with E-state index in [1.54, 1.807) is 0 Å². The van der Waals surface area contributed by atoms with E-state index >= 15 is 0 Å². The third kappa shape index (κ3) is 2.21. The Balaban J connectivity index is 2.12. The fraction of sp³-hybridized carbons (Fsp3) is 0.727. The van der Waals surface area contributed by atoms with Crippen LogP contribution in [0, 0.1) is 5.92 Å². The zero-order valence-electron chi connectivity index (χ0n) is 9.09. The molecule has 2 rings (SSSR count). The molecular weight excluding hydrogens is 192 g/mol. The Morgan fingerprint density at radius 2 is 2.53 bits per heavy atom. The number of hydrogen-bond donors (Lipinski definition) is 1. The van der Waals surface area contributed by atoms with Gasteiger partial charge in [0.25, 0.3) is 0 Å². The molecule has 1 fully saturated rings. The highest BCUT2D eigenvalue weighted by Gasteiger charge is 2.27. The van der Waals surface area contributed by atoms with Crippen molar-refractivity contribution in [2.75, 3.05) is 13.2 Å². The van der Waals surface area contributed by atoms with Gasteiger partial charge in [-0.2, -0.15) is 5.10 Å². The van der Waals surface area contributed by atoms with E-state index in [9.17, 15) is 5.11 Å². The number of aryl methyl sites for hydroxylation is 1. The van der Waals surface area contributed by atoms with E-state index in [4.69, 9.17) is 4.74 Å². The predicted molar refractivity (Wildman–Crippen MR) is 56.4 cm³/mol. The molecule has 0 amide bonds. The molecule has 1 aromatic heterocycles. The average molecular weight is 210 g/mol. The van der Waals surface area contributed by atoms with E-state index < -0.39 is 0 Å². The first-order chi connectivity index (χ1) is 7.35. The highest BCUT2D eigenvalue weighted by atomic mass is 16.5. The summed E-state index contributed by atoms with van der Waals surface area (Å²) in [6.07, 6.45) is 5.98. The minimum atomic E-state index is 0.0315. The van der Waals surface area contributed by atoms with Gasteiger partial charge >= 0.3 is 0 Å². The highest BCUT2D eigenvalue weighted by molar-refractivity contribution is 5.10. The average Bonchev–Trinajstić information content (AvgIpc) is 2.77. The molecule has 0 spiro atoms. The third-order valence-electron chi connectivity index (χ3n) is 2.99. The Morgan fingerprint density at radius 1 is 1.67 bits per heavy atom. The minimum absolute atomic E-state index is 0.0315. The number of aromatic nitrogens is 2. The Bertz CT molecular complexity index is 311. The fourth-order valence-electron chi connectivity index (χ4n) is 2.10. The summed E-state index contributed by atoms with van der Waals surface area (Å²) in [6.45, 7) is 3.92. The summed E-state index contributed by atoms with van der Waals surface area (Å²) < 4.78 is 7.60. The summed E-state index contributed by atoms with van der Waals surface area (Å²) in [5.41, 5.74) is 1.09. The van der Waals surface area contributed by atoms with Crippen molar-refractivity contribution in [2.45, 2.75) is 32.4 Å². The number of aliphatic hydroxyl groups excluding tert-OH is 1. The fourth-order valence-corrected chi connectivity index (χ4v) is 2.10. The minimum Gasteiger partial charge on any atom is -0.396 e. The zero-order valence-corrected chi connectivity index (χ0v) is 9.09. The number of hydrogen-bond acceptors (Lipinski definition) is 3. The predicted octanol–water partition coefficient (Wildman–Crippen LogP) is 1.36. The van der Waals surface area contributed by atoms with Crippen LogP contribution in [0.4, 0.5) is 0 Å². The molecule has 4 heteroatoms. The third-order valence-corrected chi connectivity index (χ3v) is 2.99. The summed E-state index contributed by atoms with van der Waals surface area (Å²) in [7, 11) is 0. The van der Waals surface area contributed by atoms with E-state index in [1.165, 1.54) is 0 Å². The van der Waals surface area contributed by atoms with Crippen LogP contribution in [-0.2, 0) is 11.3 Å². The molecule has 4 nitrogen and oxygen atoms in total. The normalized spacial score (nSPS) is 26.8. The summed E-state index contributed by atoms with van der Waals surface area (Å²) in [6, 6.07) is 0. The second-order valence-electron chi connectivity index (χ2n) is 4.01. The molecular formula is C11H18N2O2. The van der Waals surface area contributed by atoms with Gasteiger partial charge in [-0.3, -0.25) is 4.68 Å². The van der Waals surface area contributed by atoms with E-state index in [2.05, 4.69) is 12.0 Å². The first kappa shape index (κ1) is 10.6. The maximum Gasteiger partial charge on any atom is 0.0905 e. The lowest BCUT2D eigenvalue weighted by Gasteiger charge is -2.29. The van der Waals surface area contributed by atoms with Gasteiger partial charge in [0.05, 0.1) is 12.3 Å². The lowest BCUT2D eigenvalue weighted by atomic mass is 9.92. The maximum atomic E-state index is 9.28. The van der Waals surface area contributed by atoms with E-state index in [0.717, 1.165) is 31.6 Å². The second kappa shape index (κ2) is 4.77. The second-order valence-corrected chi connectivity index (χ2v) is 4.01. The molecule has 2 unspecified atom stereocenters. The molecule has 0 radical (unpaired) electrons. The molecule has 0 aromatic carbocycles. The van der Waals surface area contributed by atoms with Gasteiger partial charge in [0.15, 0.2) is 0 Å². The molecule has 1 saturated heterocycles. The molecule has 0 aliphatic carbocycles. The smallest absolute Gasteiger partial charge is 0.0905 e. The van der Waals surface area contributed by atoms with Crippen molar-refractivity contribution >= 4 is 0 Å². The van der Waals surface area contributed by atoms with Crippen molar-refractivity contribution in [1.29, 1.82) is 0 Å². The van der Waals surface area contributed by atoms with Crippen LogP contribution >= 0.6 is 0 Å². The van der Waals surface area contributed by atoms with E-state index in [0.29, 0.717) is 0 Å². The monoisotopic (exact) mass is 210 g/mol. The van der Waals surface area contributed by atoms with Gasteiger partial charge in [0.1, 0.15) is 0 Å². The zero-order chi connectivity index (χ0) is 10.7. The molecule has 2 heterocycles. The Morgan fingerprint density at radius 3 is 3.20 bits per heavy atom. The van der Waals surface area contributed by atoms with Crippen LogP contribution in [0.2, 0.25) is 0 Å². The molecule has 0 saturated carbocycles. The number of aliphatic hydroxyl groups is 1. The SMILES string of the molecule is CCn1cc(C2OCCCC2CO)cn1. The van der Waals surface area contributed by atoms with Crippen molar-refractivity contribution in [1.82, 2.24) is 9.78 Å². The van der Waals surface area contributed by atoms with E-state index in [-0.39, 0.29) is 18.6 Å². The van der Waals surface area contributed by atoms with Crippen LogP contribution in [0.5, 0.6) is 0 Å². The Hall–Kier alpha value is -0.870. The molecule has 0 bridgehead atoms. The molecule has 2 atom stereocenters. The number of rotatable bonds is 3. The lowest BCUT2D eigenvalue weighted by Crippen LogP contribution is -2.24. The number of ether oxygens (including phenoxy) is 1. The van der Waals surface area contributed by atoms with Gasteiger partial charge in [-0.05, 0) is 19.8 Å². The van der Waals surface area contributed by atoms with Gasteiger partial charge in [-0.15, -0.1) is 0 Å². The summed E-state index contributed by atoms with van der Waals surface area (Å²) in [5.74, 6) is 0.230. The van der Waals surface area contributed by atoms with Crippen LogP contribution in [0.1, 0.15) is 31.4 Å². The topological polar surface area (TPSA) is 47.3 Å². The van der Waals surface area contributed by atoms with Gasteiger partial charge in [-0.1, -0.05) is 0 Å². The maximum absolute atomic E-state index is 9.28. The molecule has 84 valence electrons. The van der Waals surface area contributed by atoms with Crippen molar-refractivity contribution < 1.29 is 9.84 Å². The van der Waals surface area contributed by atoms with Crippen molar-refractivity contribution in [3.05, 3.63) is 18.0 Å². The van der Waals surface area contributed by atoms with Crippen LogP contribution in [0.3, 0.4) is 0 Å². The summed E-state index contributed by atoms with van der Waals surface area (Å²) >= 11 is 0. The molecule has 1 aliphatic heterocycles. The molecule has 15 heavy (non-hydrogen) atoms. The van der Waals surface area contributed by atoms with Crippen LogP contribution in [0.25, 0.3) is 0 Å². The van der Waals surface area contributed by atoms with Crippen molar-refractivity contribution in [2.24, 2.45) is 5.92 Å². The standard InChI is InChI=1S/C11H18N2O2/c1-2-13-7-10(6-12-13)11-9(8-14)4-3-5-15-11/h6-7,9,11,14H,2-5,8H2,1H3. The summed E-state index contributed by atoms with van der Waals surface area (Å²) in [5, 5.41) is 13.5. The van der Waals surface area contributed by atoms with Crippen LogP contribution < -0.4 is 0 Å². The van der Waals surface area contributed by atoms with Gasteiger partial charge in [-0.25, -0.2) is 0 Å². The van der Waals surface area contributed by atoms with Crippen molar-refractivity contribution in [3.63, 3.8) is 0 Å². The molecule has 1 aromatic rings. The quantitative estimate of drug-likeness (QED) is 0.819. The Kier molecular flexibility index (Phi) is 3.38. The molecule has 1 N–H and O–H groups in total. The summed E-state index contributed by atoms with van der Waals surface area (Å²) in [4.78, 5) is 0. The Labute approximate surface area is 89.9 Å². The first-order valence-electron chi connectivity index (χ1n) is 5.60. The first-order valence-corrected chi connectivity index (χ1v) is 5.60. The van der Waals surface area contributed by atoms with Gasteiger partial charge < -0.3 is 9.84 Å². The lowest BCUT2D eigenvalue weighted by molar-refractivity contribution is -0.0457. The molecule has 1 aliphatic rings. The van der Waals surface area contributed by atoms with E-state index in [1.807, 2.05) is 17.1 Å². The van der Waals surface area contributed by atoms with Gasteiger partial charge in [0.2, 0.25) is 0 Å². The van der Waals surface area contributed by atoms with Crippen molar-refractivity contribution in [3.8, 4) is 0 Å².